The standard InChI is InChI=1S/C16H26N4O/c21-16(7-6-14-4-2-1-3-5-14)19-11-8-15(9-12-19)20-13-10-17-18-20/h10,13-15H,1-9,11-12H2. The Kier molecular flexibility index (Phi) is 4.88. The summed E-state index contributed by atoms with van der Waals surface area (Å²) >= 11 is 0. The quantitative estimate of drug-likeness (QED) is 0.856. The Balaban J connectivity index is 1.40. The number of nitrogens with zero attached hydrogens (tertiary/aromatic N) is 4. The molecule has 2 heterocycles. The van der Waals surface area contributed by atoms with E-state index < -0.39 is 0 Å². The van der Waals surface area contributed by atoms with Crippen molar-refractivity contribution in [2.75, 3.05) is 13.1 Å². The van der Waals surface area contributed by atoms with Crippen LogP contribution in [0.15, 0.2) is 12.4 Å². The Labute approximate surface area is 126 Å². The van der Waals surface area contributed by atoms with E-state index in [4.69, 9.17) is 0 Å². The van der Waals surface area contributed by atoms with E-state index in [-0.39, 0.29) is 0 Å². The first-order valence-corrected chi connectivity index (χ1v) is 8.46. The number of aromatic nitrogens is 3. The molecule has 1 amide bonds. The van der Waals surface area contributed by atoms with Crippen LogP contribution in [-0.2, 0) is 4.79 Å². The zero-order valence-corrected chi connectivity index (χ0v) is 12.8. The molecule has 1 aliphatic carbocycles. The van der Waals surface area contributed by atoms with Gasteiger partial charge in [-0.25, -0.2) is 4.68 Å². The molecule has 2 fully saturated rings. The number of carbonyl (C=O) groups excluding carboxylic acids is 1. The minimum absolute atomic E-state index is 0.359. The van der Waals surface area contributed by atoms with Gasteiger partial charge in [0.2, 0.25) is 5.91 Å². The Morgan fingerprint density at radius 1 is 1.10 bits per heavy atom. The third-order valence-corrected chi connectivity index (χ3v) is 5.12. The molecule has 0 unspecified atom stereocenters. The van der Waals surface area contributed by atoms with Gasteiger partial charge in [-0.2, -0.15) is 0 Å². The first-order chi connectivity index (χ1) is 10.3. The monoisotopic (exact) mass is 290 g/mol. The summed E-state index contributed by atoms with van der Waals surface area (Å²) in [4.78, 5) is 14.4. The van der Waals surface area contributed by atoms with Crippen LogP contribution in [0.5, 0.6) is 0 Å². The van der Waals surface area contributed by atoms with Crippen LogP contribution in [0, 0.1) is 5.92 Å². The molecule has 1 aliphatic heterocycles. The molecule has 1 saturated heterocycles. The predicted octanol–water partition coefficient (Wildman–Crippen LogP) is 2.80. The van der Waals surface area contributed by atoms with Crippen molar-refractivity contribution in [2.45, 2.75) is 63.8 Å². The van der Waals surface area contributed by atoms with E-state index in [0.717, 1.165) is 44.7 Å². The summed E-state index contributed by atoms with van der Waals surface area (Å²) in [6, 6.07) is 0.412. The van der Waals surface area contributed by atoms with Crippen LogP contribution in [0.2, 0.25) is 0 Å². The molecular formula is C16H26N4O. The highest BCUT2D eigenvalue weighted by molar-refractivity contribution is 5.76. The number of hydrogen-bond donors (Lipinski definition) is 0. The molecule has 0 aromatic carbocycles. The van der Waals surface area contributed by atoms with Crippen molar-refractivity contribution in [1.82, 2.24) is 19.9 Å². The maximum absolute atomic E-state index is 12.3. The second kappa shape index (κ2) is 7.05. The molecule has 0 spiro atoms. The molecule has 0 radical (unpaired) electrons. The highest BCUT2D eigenvalue weighted by Gasteiger charge is 2.24. The van der Waals surface area contributed by atoms with E-state index in [2.05, 4.69) is 15.2 Å². The molecule has 2 aliphatic rings. The van der Waals surface area contributed by atoms with Gasteiger partial charge in [0.15, 0.2) is 0 Å². The van der Waals surface area contributed by atoms with Gasteiger partial charge in [-0.3, -0.25) is 4.79 Å². The molecule has 5 nitrogen and oxygen atoms in total. The lowest BCUT2D eigenvalue weighted by molar-refractivity contribution is -0.132. The van der Waals surface area contributed by atoms with Gasteiger partial charge in [0.05, 0.1) is 12.2 Å². The van der Waals surface area contributed by atoms with Crippen LogP contribution < -0.4 is 0 Å². The fraction of sp³-hybridized carbons (Fsp3) is 0.812. The number of likely N-dealkylation sites (tertiary alicyclic amines) is 1. The van der Waals surface area contributed by atoms with Crippen molar-refractivity contribution in [3.63, 3.8) is 0 Å². The van der Waals surface area contributed by atoms with Crippen molar-refractivity contribution in [1.29, 1.82) is 0 Å². The van der Waals surface area contributed by atoms with Gasteiger partial charge in [0.25, 0.3) is 0 Å². The summed E-state index contributed by atoms with van der Waals surface area (Å²) in [5.74, 6) is 1.16. The van der Waals surface area contributed by atoms with Crippen LogP contribution in [0.25, 0.3) is 0 Å². The van der Waals surface area contributed by atoms with Crippen LogP contribution in [0.1, 0.15) is 63.8 Å². The molecule has 5 heteroatoms. The molecule has 116 valence electrons. The average molecular weight is 290 g/mol. The molecule has 0 atom stereocenters. The highest BCUT2D eigenvalue weighted by Crippen LogP contribution is 2.28. The Morgan fingerprint density at radius 2 is 1.86 bits per heavy atom. The number of rotatable bonds is 4. The van der Waals surface area contributed by atoms with Gasteiger partial charge >= 0.3 is 0 Å². The first kappa shape index (κ1) is 14.5. The Hall–Kier alpha value is -1.39. The molecular weight excluding hydrogens is 264 g/mol. The van der Waals surface area contributed by atoms with Gasteiger partial charge in [0.1, 0.15) is 0 Å². The minimum Gasteiger partial charge on any atom is -0.343 e. The topological polar surface area (TPSA) is 51.0 Å². The summed E-state index contributed by atoms with van der Waals surface area (Å²) < 4.78 is 1.93. The normalized spacial score (nSPS) is 21.6. The van der Waals surface area contributed by atoms with Crippen molar-refractivity contribution in [2.24, 2.45) is 5.92 Å². The first-order valence-electron chi connectivity index (χ1n) is 8.46. The van der Waals surface area contributed by atoms with Crippen LogP contribution in [0.4, 0.5) is 0 Å². The lowest BCUT2D eigenvalue weighted by Crippen LogP contribution is -2.39. The number of piperidine rings is 1. The summed E-state index contributed by atoms with van der Waals surface area (Å²) in [6.07, 6.45) is 14.3. The molecule has 3 rings (SSSR count). The molecule has 1 aromatic rings. The number of amides is 1. The van der Waals surface area contributed by atoms with E-state index in [9.17, 15) is 4.79 Å². The third-order valence-electron chi connectivity index (χ3n) is 5.12. The predicted molar refractivity (Wildman–Crippen MR) is 80.7 cm³/mol. The average Bonchev–Trinajstić information content (AvgIpc) is 3.08. The third kappa shape index (κ3) is 3.83. The highest BCUT2D eigenvalue weighted by atomic mass is 16.2. The zero-order chi connectivity index (χ0) is 14.5. The molecule has 1 aromatic heterocycles. The maximum Gasteiger partial charge on any atom is 0.222 e. The second-order valence-electron chi connectivity index (χ2n) is 6.54. The van der Waals surface area contributed by atoms with Crippen LogP contribution in [-0.4, -0.2) is 38.9 Å². The summed E-state index contributed by atoms with van der Waals surface area (Å²) in [5, 5.41) is 7.94. The summed E-state index contributed by atoms with van der Waals surface area (Å²) in [6.45, 7) is 1.74. The molecule has 0 bridgehead atoms. The van der Waals surface area contributed by atoms with Gasteiger partial charge in [-0.1, -0.05) is 37.3 Å². The summed E-state index contributed by atoms with van der Waals surface area (Å²) in [5.41, 5.74) is 0. The Morgan fingerprint density at radius 3 is 2.52 bits per heavy atom. The van der Waals surface area contributed by atoms with Crippen molar-refractivity contribution in [3.05, 3.63) is 12.4 Å². The second-order valence-corrected chi connectivity index (χ2v) is 6.54. The van der Waals surface area contributed by atoms with E-state index in [1.165, 1.54) is 32.1 Å². The lowest BCUT2D eigenvalue weighted by atomic mass is 9.86. The van der Waals surface area contributed by atoms with E-state index in [1.807, 2.05) is 10.9 Å². The van der Waals surface area contributed by atoms with E-state index in [0.29, 0.717) is 11.9 Å². The molecule has 1 saturated carbocycles. The van der Waals surface area contributed by atoms with Crippen LogP contribution in [0.3, 0.4) is 0 Å². The largest absolute Gasteiger partial charge is 0.343 e. The smallest absolute Gasteiger partial charge is 0.222 e. The van der Waals surface area contributed by atoms with E-state index >= 15 is 0 Å². The molecule has 0 N–H and O–H groups in total. The Bertz CT molecular complexity index is 431. The molecule has 21 heavy (non-hydrogen) atoms. The van der Waals surface area contributed by atoms with E-state index in [1.54, 1.807) is 6.20 Å². The van der Waals surface area contributed by atoms with Gasteiger partial charge in [-0.15, -0.1) is 5.10 Å². The fourth-order valence-corrected chi connectivity index (χ4v) is 3.75. The maximum atomic E-state index is 12.3. The zero-order valence-electron chi connectivity index (χ0n) is 12.8. The SMILES string of the molecule is O=C(CCC1CCCCC1)N1CCC(n2ccnn2)CC1. The van der Waals surface area contributed by atoms with Gasteiger partial charge in [0, 0.05) is 25.7 Å². The lowest BCUT2D eigenvalue weighted by Gasteiger charge is -2.32. The van der Waals surface area contributed by atoms with Crippen LogP contribution >= 0.6 is 0 Å². The van der Waals surface area contributed by atoms with Crippen molar-refractivity contribution < 1.29 is 4.79 Å². The minimum atomic E-state index is 0.359. The number of hydrogen-bond acceptors (Lipinski definition) is 3. The van der Waals surface area contributed by atoms with Crippen molar-refractivity contribution >= 4 is 5.91 Å². The fourth-order valence-electron chi connectivity index (χ4n) is 3.75. The van der Waals surface area contributed by atoms with Gasteiger partial charge < -0.3 is 4.90 Å². The summed E-state index contributed by atoms with van der Waals surface area (Å²) in [7, 11) is 0. The van der Waals surface area contributed by atoms with Crippen molar-refractivity contribution in [3.8, 4) is 0 Å². The number of carbonyl (C=O) groups is 1. The van der Waals surface area contributed by atoms with Gasteiger partial charge in [-0.05, 0) is 25.2 Å².